The predicted molar refractivity (Wildman–Crippen MR) is 112 cm³/mol. The number of carbonyl (C=O) groups excluding carboxylic acids is 1. The number of anilines is 2. The number of halogens is 2. The van der Waals surface area contributed by atoms with Gasteiger partial charge in [-0.15, -0.1) is 11.3 Å². The number of hydrogen-bond donors (Lipinski definition) is 4. The Kier molecular flexibility index (Phi) is 6.16. The quantitative estimate of drug-likeness (QED) is 0.454. The maximum Gasteiger partial charge on any atom is 0.251 e. The molecule has 0 unspecified atom stereocenters. The highest BCUT2D eigenvalue weighted by atomic mass is 32.1. The standard InChI is InChI=1S/C21H21F2N3O3S/c1-21(2,29)11-8-14(22)18(15(23)9-11)16-10-13(19(24)28)20(30-16)26-17-5-3-4-12(25-17)6-7-27/h3-5,8-10,27,29H,6-7H2,1-2H3,(H2,24,28)(H,25,26). The minimum Gasteiger partial charge on any atom is -0.396 e. The molecule has 0 saturated heterocycles. The summed E-state index contributed by atoms with van der Waals surface area (Å²) < 4.78 is 29.4. The van der Waals surface area contributed by atoms with Crippen molar-refractivity contribution in [3.05, 3.63) is 64.9 Å². The second-order valence-electron chi connectivity index (χ2n) is 7.20. The first-order valence-corrected chi connectivity index (χ1v) is 9.91. The molecular weight excluding hydrogens is 412 g/mol. The number of aliphatic hydroxyl groups excluding tert-OH is 1. The minimum absolute atomic E-state index is 0.0642. The third-order valence-electron chi connectivity index (χ3n) is 4.41. The molecule has 1 aromatic carbocycles. The van der Waals surface area contributed by atoms with Crippen LogP contribution in [-0.2, 0) is 12.0 Å². The molecule has 0 aliphatic heterocycles. The average molecular weight is 433 g/mol. The van der Waals surface area contributed by atoms with E-state index < -0.39 is 23.1 Å². The number of pyridine rings is 1. The van der Waals surface area contributed by atoms with Crippen LogP contribution < -0.4 is 11.1 Å². The fourth-order valence-electron chi connectivity index (χ4n) is 2.87. The van der Waals surface area contributed by atoms with Crippen molar-refractivity contribution in [2.45, 2.75) is 25.9 Å². The lowest BCUT2D eigenvalue weighted by Gasteiger charge is -2.18. The van der Waals surface area contributed by atoms with Crippen LogP contribution in [0.3, 0.4) is 0 Å². The van der Waals surface area contributed by atoms with E-state index in [9.17, 15) is 18.7 Å². The lowest BCUT2D eigenvalue weighted by atomic mass is 9.96. The summed E-state index contributed by atoms with van der Waals surface area (Å²) in [7, 11) is 0. The summed E-state index contributed by atoms with van der Waals surface area (Å²) in [6.45, 7) is 2.79. The Hall–Kier alpha value is -2.88. The van der Waals surface area contributed by atoms with Gasteiger partial charge in [0.1, 0.15) is 22.5 Å². The molecule has 3 aromatic rings. The van der Waals surface area contributed by atoms with Crippen molar-refractivity contribution in [2.24, 2.45) is 5.73 Å². The van der Waals surface area contributed by atoms with Crippen LogP contribution in [0.4, 0.5) is 19.6 Å². The Labute approximate surface area is 176 Å². The second kappa shape index (κ2) is 8.47. The number of nitrogens with two attached hydrogens (primary N) is 1. The predicted octanol–water partition coefficient (Wildman–Crippen LogP) is 3.69. The molecule has 0 saturated carbocycles. The van der Waals surface area contributed by atoms with E-state index in [2.05, 4.69) is 10.3 Å². The van der Waals surface area contributed by atoms with Crippen LogP contribution in [0.2, 0.25) is 0 Å². The van der Waals surface area contributed by atoms with Crippen LogP contribution in [0.25, 0.3) is 10.4 Å². The van der Waals surface area contributed by atoms with Crippen molar-refractivity contribution in [2.75, 3.05) is 11.9 Å². The SMILES string of the molecule is CC(C)(O)c1cc(F)c(-c2cc(C(N)=O)c(Nc3cccc(CCO)n3)s2)c(F)c1. The van der Waals surface area contributed by atoms with Crippen LogP contribution in [0.5, 0.6) is 0 Å². The third-order valence-corrected chi connectivity index (χ3v) is 5.48. The molecule has 2 aromatic heterocycles. The smallest absolute Gasteiger partial charge is 0.251 e. The van der Waals surface area contributed by atoms with Crippen molar-refractivity contribution >= 4 is 28.1 Å². The summed E-state index contributed by atoms with van der Waals surface area (Å²) in [5, 5.41) is 22.3. The molecule has 158 valence electrons. The molecule has 3 rings (SSSR count). The van der Waals surface area contributed by atoms with Crippen molar-refractivity contribution in [3.8, 4) is 10.4 Å². The first kappa shape index (κ1) is 21.8. The van der Waals surface area contributed by atoms with Gasteiger partial charge in [-0.1, -0.05) is 6.07 Å². The summed E-state index contributed by atoms with van der Waals surface area (Å²) in [6.07, 6.45) is 0.359. The van der Waals surface area contributed by atoms with E-state index in [-0.39, 0.29) is 33.2 Å². The number of hydrogen-bond acceptors (Lipinski definition) is 6. The molecule has 0 atom stereocenters. The van der Waals surface area contributed by atoms with Gasteiger partial charge in [-0.05, 0) is 49.7 Å². The fourth-order valence-corrected chi connectivity index (χ4v) is 3.99. The Balaban J connectivity index is 2.03. The maximum absolute atomic E-state index is 14.7. The molecule has 6 nitrogen and oxygen atoms in total. The highest BCUT2D eigenvalue weighted by Gasteiger charge is 2.24. The monoisotopic (exact) mass is 433 g/mol. The molecule has 0 radical (unpaired) electrons. The van der Waals surface area contributed by atoms with Gasteiger partial charge >= 0.3 is 0 Å². The molecular formula is C21H21F2N3O3S. The van der Waals surface area contributed by atoms with Crippen molar-refractivity contribution in [1.82, 2.24) is 4.98 Å². The Morgan fingerprint density at radius 3 is 2.47 bits per heavy atom. The summed E-state index contributed by atoms with van der Waals surface area (Å²) in [6, 6.07) is 8.57. The number of benzene rings is 1. The van der Waals surface area contributed by atoms with E-state index in [1.54, 1.807) is 18.2 Å². The molecule has 2 heterocycles. The van der Waals surface area contributed by atoms with E-state index in [1.165, 1.54) is 19.9 Å². The number of aromatic nitrogens is 1. The first-order valence-electron chi connectivity index (χ1n) is 9.10. The van der Waals surface area contributed by atoms with Crippen LogP contribution in [0, 0.1) is 11.6 Å². The van der Waals surface area contributed by atoms with Crippen LogP contribution in [-0.4, -0.2) is 27.7 Å². The number of thiophene rings is 1. The number of nitrogens with zero attached hydrogens (tertiary/aromatic N) is 1. The Bertz CT molecular complexity index is 1070. The molecule has 5 N–H and O–H groups in total. The van der Waals surface area contributed by atoms with E-state index in [0.717, 1.165) is 23.5 Å². The number of nitrogens with one attached hydrogen (secondary N) is 1. The van der Waals surface area contributed by atoms with Crippen molar-refractivity contribution in [1.29, 1.82) is 0 Å². The van der Waals surface area contributed by atoms with Gasteiger partial charge < -0.3 is 21.3 Å². The lowest BCUT2D eigenvalue weighted by Crippen LogP contribution is -2.16. The minimum atomic E-state index is -1.41. The normalized spacial score (nSPS) is 11.5. The Morgan fingerprint density at radius 2 is 1.90 bits per heavy atom. The van der Waals surface area contributed by atoms with Crippen LogP contribution in [0.1, 0.15) is 35.5 Å². The largest absolute Gasteiger partial charge is 0.396 e. The topological polar surface area (TPSA) is 108 Å². The summed E-state index contributed by atoms with van der Waals surface area (Å²) in [5.74, 6) is -2.09. The molecule has 0 aliphatic carbocycles. The molecule has 30 heavy (non-hydrogen) atoms. The van der Waals surface area contributed by atoms with Crippen molar-refractivity contribution < 1.29 is 23.8 Å². The summed E-state index contributed by atoms with van der Waals surface area (Å²) >= 11 is 0.953. The number of amides is 1. The van der Waals surface area contributed by atoms with E-state index in [1.807, 2.05) is 0 Å². The van der Waals surface area contributed by atoms with Gasteiger partial charge in [-0.2, -0.15) is 0 Å². The van der Waals surface area contributed by atoms with Crippen molar-refractivity contribution in [3.63, 3.8) is 0 Å². The van der Waals surface area contributed by atoms with Gasteiger partial charge in [0.2, 0.25) is 0 Å². The number of carbonyl (C=O) groups is 1. The number of rotatable bonds is 7. The third kappa shape index (κ3) is 4.64. The van der Waals surface area contributed by atoms with Gasteiger partial charge in [0.05, 0.1) is 16.7 Å². The van der Waals surface area contributed by atoms with Gasteiger partial charge in [0.25, 0.3) is 5.91 Å². The van der Waals surface area contributed by atoms with E-state index in [4.69, 9.17) is 10.8 Å². The summed E-state index contributed by atoms with van der Waals surface area (Å²) in [4.78, 5) is 16.4. The molecule has 0 aliphatic rings. The van der Waals surface area contributed by atoms with Crippen LogP contribution in [0.15, 0.2) is 36.4 Å². The first-order chi connectivity index (χ1) is 14.1. The molecule has 9 heteroatoms. The highest BCUT2D eigenvalue weighted by Crippen LogP contribution is 2.40. The zero-order valence-electron chi connectivity index (χ0n) is 16.4. The van der Waals surface area contributed by atoms with Gasteiger partial charge in [-0.3, -0.25) is 4.79 Å². The van der Waals surface area contributed by atoms with Gasteiger partial charge in [0, 0.05) is 23.6 Å². The molecule has 1 amide bonds. The number of aliphatic hydroxyl groups is 2. The Morgan fingerprint density at radius 1 is 1.23 bits per heavy atom. The highest BCUT2D eigenvalue weighted by molar-refractivity contribution is 7.20. The van der Waals surface area contributed by atoms with E-state index >= 15 is 0 Å². The summed E-state index contributed by atoms with van der Waals surface area (Å²) in [5.41, 5.74) is 4.52. The molecule has 0 bridgehead atoms. The maximum atomic E-state index is 14.7. The fraction of sp³-hybridized carbons (Fsp3) is 0.238. The van der Waals surface area contributed by atoms with Gasteiger partial charge in [0.15, 0.2) is 0 Å². The second-order valence-corrected chi connectivity index (χ2v) is 8.26. The zero-order valence-corrected chi connectivity index (χ0v) is 17.2. The lowest BCUT2D eigenvalue weighted by molar-refractivity contribution is 0.0778. The van der Waals surface area contributed by atoms with E-state index in [0.29, 0.717) is 17.9 Å². The van der Waals surface area contributed by atoms with Gasteiger partial charge in [-0.25, -0.2) is 13.8 Å². The zero-order chi connectivity index (χ0) is 22.1. The number of primary amides is 1. The average Bonchev–Trinajstić information content (AvgIpc) is 3.04. The van der Waals surface area contributed by atoms with Crippen LogP contribution >= 0.6 is 11.3 Å². The molecule has 0 fully saturated rings. The molecule has 0 spiro atoms.